The number of aliphatic carboxylic acids is 2. The third kappa shape index (κ3) is 9.79. The van der Waals surface area contributed by atoms with E-state index in [2.05, 4.69) is 11.0 Å². The van der Waals surface area contributed by atoms with Gasteiger partial charge in [0.15, 0.2) is 18.1 Å². The van der Waals surface area contributed by atoms with E-state index in [9.17, 15) is 4.79 Å². The Morgan fingerprint density at radius 2 is 1.45 bits per heavy atom. The van der Waals surface area contributed by atoms with Gasteiger partial charge in [0.1, 0.15) is 12.4 Å². The summed E-state index contributed by atoms with van der Waals surface area (Å²) in [6.07, 6.45) is 0. The molecule has 212 valence electrons. The summed E-state index contributed by atoms with van der Waals surface area (Å²) >= 11 is 5.88. The van der Waals surface area contributed by atoms with Gasteiger partial charge in [0, 0.05) is 37.7 Å². The molecule has 0 aliphatic carbocycles. The molecule has 1 saturated heterocycles. The van der Waals surface area contributed by atoms with Crippen LogP contribution in [0.4, 0.5) is 0 Å². The van der Waals surface area contributed by atoms with Crippen molar-refractivity contribution < 1.29 is 38.8 Å². The number of nitrogens with zero attached hydrogens (tertiary/aromatic N) is 2. The maximum absolute atomic E-state index is 12.5. The van der Waals surface area contributed by atoms with Crippen LogP contribution in [0.1, 0.15) is 11.1 Å². The molecule has 3 aromatic carbocycles. The highest BCUT2D eigenvalue weighted by atomic mass is 35.5. The lowest BCUT2D eigenvalue weighted by atomic mass is 10.1. The molecule has 3 aromatic rings. The summed E-state index contributed by atoms with van der Waals surface area (Å²) in [4.78, 5) is 34.9. The van der Waals surface area contributed by atoms with Crippen LogP contribution in [0.15, 0.2) is 72.8 Å². The molecule has 10 nitrogen and oxygen atoms in total. The minimum absolute atomic E-state index is 0.00403. The summed E-state index contributed by atoms with van der Waals surface area (Å²) in [5, 5.41) is 15.4. The van der Waals surface area contributed by atoms with Crippen molar-refractivity contribution in [1.29, 1.82) is 0 Å². The number of ether oxygens (including phenoxy) is 3. The molecule has 0 saturated carbocycles. The summed E-state index contributed by atoms with van der Waals surface area (Å²) in [7, 11) is 1.65. The summed E-state index contributed by atoms with van der Waals surface area (Å²) in [5.41, 5.74) is 2.26. The van der Waals surface area contributed by atoms with Crippen LogP contribution in [0.3, 0.4) is 0 Å². The maximum atomic E-state index is 12.5. The fourth-order valence-corrected chi connectivity index (χ4v) is 3.97. The van der Waals surface area contributed by atoms with Gasteiger partial charge in [-0.1, -0.05) is 48.0 Å². The number of halogens is 1. The molecule has 4 rings (SSSR count). The van der Waals surface area contributed by atoms with Crippen molar-refractivity contribution in [2.24, 2.45) is 0 Å². The van der Waals surface area contributed by atoms with Crippen molar-refractivity contribution in [3.05, 3.63) is 88.9 Å². The number of rotatable bonds is 9. The van der Waals surface area contributed by atoms with Gasteiger partial charge in [-0.05, 0) is 47.5 Å². The normalized spacial score (nSPS) is 13.0. The Labute approximate surface area is 237 Å². The first-order chi connectivity index (χ1) is 19.2. The average molecular weight is 571 g/mol. The van der Waals surface area contributed by atoms with Gasteiger partial charge >= 0.3 is 11.9 Å². The summed E-state index contributed by atoms with van der Waals surface area (Å²) < 4.78 is 17.1. The van der Waals surface area contributed by atoms with E-state index in [1.165, 1.54) is 0 Å². The maximum Gasteiger partial charge on any atom is 0.414 e. The number of amides is 1. The highest BCUT2D eigenvalue weighted by molar-refractivity contribution is 6.30. The van der Waals surface area contributed by atoms with Crippen LogP contribution in [0, 0.1) is 0 Å². The Kier molecular flexibility index (Phi) is 11.6. The van der Waals surface area contributed by atoms with E-state index in [4.69, 9.17) is 45.6 Å². The second-order valence-electron chi connectivity index (χ2n) is 8.77. The Hall–Kier alpha value is -4.28. The van der Waals surface area contributed by atoms with Crippen molar-refractivity contribution in [3.63, 3.8) is 0 Å². The van der Waals surface area contributed by atoms with E-state index >= 15 is 0 Å². The predicted octanol–water partition coefficient (Wildman–Crippen LogP) is 3.81. The SMILES string of the molecule is COc1ccc(CN2CCN(C(=O)COc3ccc(Cl)cc3)CC2)cc1OCc1ccccc1.O=C(O)C(=O)O. The number of carbonyl (C=O) groups is 3. The van der Waals surface area contributed by atoms with Crippen LogP contribution < -0.4 is 14.2 Å². The third-order valence-corrected chi connectivity index (χ3v) is 6.21. The topological polar surface area (TPSA) is 126 Å². The number of hydrogen-bond acceptors (Lipinski definition) is 7. The smallest absolute Gasteiger partial charge is 0.414 e. The van der Waals surface area contributed by atoms with E-state index < -0.39 is 11.9 Å². The van der Waals surface area contributed by atoms with Crippen molar-refractivity contribution in [1.82, 2.24) is 9.80 Å². The molecule has 0 radical (unpaired) electrons. The first kappa shape index (κ1) is 30.3. The van der Waals surface area contributed by atoms with Gasteiger partial charge in [-0.2, -0.15) is 0 Å². The number of piperazine rings is 1. The zero-order valence-electron chi connectivity index (χ0n) is 22.0. The molecule has 2 N–H and O–H groups in total. The Balaban J connectivity index is 0.000000663. The molecular weight excluding hydrogens is 540 g/mol. The van der Waals surface area contributed by atoms with Gasteiger partial charge in [-0.25, -0.2) is 9.59 Å². The molecule has 1 heterocycles. The first-order valence-corrected chi connectivity index (χ1v) is 12.8. The first-order valence-electron chi connectivity index (χ1n) is 12.4. The summed E-state index contributed by atoms with van der Waals surface area (Å²) in [6, 6.07) is 23.1. The minimum Gasteiger partial charge on any atom is -0.493 e. The molecule has 0 spiro atoms. The quantitative estimate of drug-likeness (QED) is 0.369. The van der Waals surface area contributed by atoms with Gasteiger partial charge in [-0.15, -0.1) is 0 Å². The fourth-order valence-electron chi connectivity index (χ4n) is 3.85. The van der Waals surface area contributed by atoms with E-state index in [0.717, 1.165) is 42.3 Å². The lowest BCUT2D eigenvalue weighted by Crippen LogP contribution is -2.49. The minimum atomic E-state index is -1.82. The van der Waals surface area contributed by atoms with E-state index in [-0.39, 0.29) is 12.5 Å². The lowest BCUT2D eigenvalue weighted by Gasteiger charge is -2.34. The van der Waals surface area contributed by atoms with Gasteiger partial charge in [0.2, 0.25) is 0 Å². The number of carbonyl (C=O) groups excluding carboxylic acids is 1. The second kappa shape index (κ2) is 15.3. The highest BCUT2D eigenvalue weighted by Crippen LogP contribution is 2.29. The third-order valence-electron chi connectivity index (χ3n) is 5.96. The van der Waals surface area contributed by atoms with Crippen molar-refractivity contribution in [2.75, 3.05) is 39.9 Å². The molecule has 40 heavy (non-hydrogen) atoms. The monoisotopic (exact) mass is 570 g/mol. The van der Waals surface area contributed by atoms with E-state index in [0.29, 0.717) is 30.5 Å². The Bertz CT molecular complexity index is 1250. The molecular formula is C29H31ClN2O8. The number of hydrogen-bond donors (Lipinski definition) is 2. The molecule has 1 aliphatic heterocycles. The predicted molar refractivity (Wildman–Crippen MR) is 148 cm³/mol. The lowest BCUT2D eigenvalue weighted by molar-refractivity contribution is -0.159. The molecule has 0 atom stereocenters. The van der Waals surface area contributed by atoms with E-state index in [1.807, 2.05) is 47.4 Å². The molecule has 1 amide bonds. The van der Waals surface area contributed by atoms with Crippen LogP contribution in [0.25, 0.3) is 0 Å². The molecule has 1 fully saturated rings. The van der Waals surface area contributed by atoms with Crippen LogP contribution in [-0.2, 0) is 27.5 Å². The highest BCUT2D eigenvalue weighted by Gasteiger charge is 2.22. The molecule has 0 bridgehead atoms. The van der Waals surface area contributed by atoms with Gasteiger partial charge < -0.3 is 29.3 Å². The average Bonchev–Trinajstić information content (AvgIpc) is 2.97. The standard InChI is InChI=1S/C27H29ClN2O4.C2H2O4/c1-32-25-12-7-22(17-26(25)34-19-21-5-3-2-4-6-21)18-29-13-15-30(16-14-29)27(31)20-33-24-10-8-23(28)9-11-24;3-1(4)2(5)6/h2-12,17H,13-16,18-20H2,1H3;(H,3,4)(H,5,6). The van der Waals surface area contributed by atoms with Crippen molar-refractivity contribution >= 4 is 29.4 Å². The van der Waals surface area contributed by atoms with Crippen molar-refractivity contribution in [2.45, 2.75) is 13.2 Å². The molecule has 11 heteroatoms. The van der Waals surface area contributed by atoms with Crippen molar-refractivity contribution in [3.8, 4) is 17.2 Å². The van der Waals surface area contributed by atoms with E-state index in [1.54, 1.807) is 31.4 Å². The van der Waals surface area contributed by atoms with Gasteiger partial charge in [0.25, 0.3) is 5.91 Å². The molecule has 0 unspecified atom stereocenters. The van der Waals surface area contributed by atoms with Crippen LogP contribution in [0.2, 0.25) is 5.02 Å². The Morgan fingerprint density at radius 3 is 2.05 bits per heavy atom. The summed E-state index contributed by atoms with van der Waals surface area (Å²) in [5.74, 6) is -1.56. The zero-order valence-corrected chi connectivity index (χ0v) is 22.8. The number of methoxy groups -OCH3 is 1. The van der Waals surface area contributed by atoms with Crippen LogP contribution in [-0.4, -0.2) is 77.8 Å². The number of carboxylic acids is 2. The molecule has 1 aliphatic rings. The van der Waals surface area contributed by atoms with Crippen LogP contribution in [0.5, 0.6) is 17.2 Å². The van der Waals surface area contributed by atoms with Gasteiger partial charge in [-0.3, -0.25) is 9.69 Å². The molecule has 0 aromatic heterocycles. The zero-order chi connectivity index (χ0) is 28.9. The van der Waals surface area contributed by atoms with Gasteiger partial charge in [0.05, 0.1) is 7.11 Å². The summed E-state index contributed by atoms with van der Waals surface area (Å²) in [6.45, 7) is 4.27. The number of benzene rings is 3. The fraction of sp³-hybridized carbons (Fsp3) is 0.276. The number of carboxylic acid groups (broad SMARTS) is 2. The second-order valence-corrected chi connectivity index (χ2v) is 9.21. The van der Waals surface area contributed by atoms with Crippen LogP contribution >= 0.6 is 11.6 Å². The Morgan fingerprint density at radius 1 is 0.800 bits per heavy atom. The largest absolute Gasteiger partial charge is 0.493 e.